The highest BCUT2D eigenvalue weighted by atomic mass is 16.4. The molecule has 0 saturated carbocycles. The Hall–Kier alpha value is -1.58. The molecule has 0 aromatic heterocycles. The topological polar surface area (TPSA) is 40.5 Å². The average Bonchev–Trinajstić information content (AvgIpc) is 2.36. The number of hydrogen-bond acceptors (Lipinski definition) is 2. The van der Waals surface area contributed by atoms with Gasteiger partial charge in [-0.3, -0.25) is 0 Å². The predicted molar refractivity (Wildman–Crippen MR) is 79.9 cm³/mol. The van der Waals surface area contributed by atoms with E-state index in [0.29, 0.717) is 5.47 Å². The van der Waals surface area contributed by atoms with Crippen molar-refractivity contribution < 1.29 is 10.0 Å². The standard InChI is InChI=1S/C15H21BO2/c1-5-8-9-14(6-2)10-11-15(7-3)12-13(4)16(17)18/h5-12,17-18H,1H2,2-4H3/b9-8-,11-10+,13-12+,14-6+,15-7-. The summed E-state index contributed by atoms with van der Waals surface area (Å²) in [6, 6.07) is 0. The molecular formula is C15H21BO2. The summed E-state index contributed by atoms with van der Waals surface area (Å²) < 4.78 is 0. The van der Waals surface area contributed by atoms with Gasteiger partial charge in [0.1, 0.15) is 0 Å². The van der Waals surface area contributed by atoms with Gasteiger partial charge in [-0.05, 0) is 37.4 Å². The third-order valence-corrected chi connectivity index (χ3v) is 2.36. The van der Waals surface area contributed by atoms with Crippen molar-refractivity contribution in [3.8, 4) is 0 Å². The summed E-state index contributed by atoms with van der Waals surface area (Å²) in [7, 11) is -1.41. The fourth-order valence-corrected chi connectivity index (χ4v) is 1.18. The molecule has 3 heteroatoms. The Bertz CT molecular complexity index is 410. The fraction of sp³-hybridized carbons (Fsp3) is 0.200. The SMILES string of the molecule is C=C\C=C/C(/C=C/C(=C/C)/C=C(\C)B(O)O)=C\C. The van der Waals surface area contributed by atoms with Gasteiger partial charge in [0, 0.05) is 0 Å². The van der Waals surface area contributed by atoms with Crippen LogP contribution in [-0.2, 0) is 0 Å². The second kappa shape index (κ2) is 9.45. The molecule has 0 aromatic rings. The minimum atomic E-state index is -1.41. The summed E-state index contributed by atoms with van der Waals surface area (Å²) in [5.74, 6) is 0. The quantitative estimate of drug-likeness (QED) is 0.556. The van der Waals surface area contributed by atoms with Crippen molar-refractivity contribution in [2.75, 3.05) is 0 Å². The van der Waals surface area contributed by atoms with Gasteiger partial charge in [0.2, 0.25) is 0 Å². The van der Waals surface area contributed by atoms with E-state index in [1.165, 1.54) is 0 Å². The van der Waals surface area contributed by atoms with Crippen LogP contribution < -0.4 is 0 Å². The van der Waals surface area contributed by atoms with Crippen LogP contribution in [0.2, 0.25) is 0 Å². The lowest BCUT2D eigenvalue weighted by molar-refractivity contribution is 0.419. The Morgan fingerprint density at radius 1 is 1.00 bits per heavy atom. The summed E-state index contributed by atoms with van der Waals surface area (Å²) in [4.78, 5) is 0. The van der Waals surface area contributed by atoms with Crippen LogP contribution >= 0.6 is 0 Å². The molecule has 0 heterocycles. The summed E-state index contributed by atoms with van der Waals surface area (Å²) in [5, 5.41) is 18.0. The Kier molecular flexibility index (Phi) is 8.63. The lowest BCUT2D eigenvalue weighted by Crippen LogP contribution is -2.12. The molecular weight excluding hydrogens is 223 g/mol. The summed E-state index contributed by atoms with van der Waals surface area (Å²) in [5.41, 5.74) is 2.49. The predicted octanol–water partition coefficient (Wildman–Crippen LogP) is 3.14. The van der Waals surface area contributed by atoms with Gasteiger partial charge in [0.25, 0.3) is 0 Å². The van der Waals surface area contributed by atoms with Crippen molar-refractivity contribution in [3.63, 3.8) is 0 Å². The van der Waals surface area contributed by atoms with Crippen LogP contribution in [0, 0.1) is 0 Å². The monoisotopic (exact) mass is 244 g/mol. The summed E-state index contributed by atoms with van der Waals surface area (Å²) in [6.07, 6.45) is 15.1. The lowest BCUT2D eigenvalue weighted by Gasteiger charge is -2.00. The molecule has 0 bridgehead atoms. The average molecular weight is 244 g/mol. The minimum absolute atomic E-state index is 0.511. The molecule has 0 fully saturated rings. The minimum Gasteiger partial charge on any atom is -0.423 e. The molecule has 0 unspecified atom stereocenters. The van der Waals surface area contributed by atoms with Gasteiger partial charge in [-0.15, -0.1) is 0 Å². The van der Waals surface area contributed by atoms with Gasteiger partial charge in [0.05, 0.1) is 0 Å². The van der Waals surface area contributed by atoms with Crippen LogP contribution in [0.3, 0.4) is 0 Å². The smallest absolute Gasteiger partial charge is 0.423 e. The Labute approximate surface area is 110 Å². The molecule has 0 saturated heterocycles. The highest BCUT2D eigenvalue weighted by Gasteiger charge is 2.08. The van der Waals surface area contributed by atoms with E-state index in [2.05, 4.69) is 6.58 Å². The zero-order chi connectivity index (χ0) is 14.0. The molecule has 0 amide bonds. The first-order valence-corrected chi connectivity index (χ1v) is 5.89. The zero-order valence-corrected chi connectivity index (χ0v) is 11.3. The van der Waals surface area contributed by atoms with Crippen molar-refractivity contribution in [3.05, 3.63) is 71.8 Å². The number of hydrogen-bond donors (Lipinski definition) is 2. The first kappa shape index (κ1) is 16.4. The maximum Gasteiger partial charge on any atom is 0.483 e. The number of allylic oxidation sites excluding steroid dienone is 11. The highest BCUT2D eigenvalue weighted by Crippen LogP contribution is 2.08. The van der Waals surface area contributed by atoms with E-state index in [-0.39, 0.29) is 0 Å². The first-order valence-electron chi connectivity index (χ1n) is 5.89. The van der Waals surface area contributed by atoms with Crippen LogP contribution in [0.25, 0.3) is 0 Å². The molecule has 0 spiro atoms. The molecule has 18 heavy (non-hydrogen) atoms. The van der Waals surface area contributed by atoms with Crippen LogP contribution in [0.5, 0.6) is 0 Å². The molecule has 0 aliphatic heterocycles. The normalized spacial score (nSPS) is 14.6. The second-order valence-corrected chi connectivity index (χ2v) is 3.77. The molecule has 0 atom stereocenters. The van der Waals surface area contributed by atoms with Crippen molar-refractivity contribution >= 4 is 7.12 Å². The van der Waals surface area contributed by atoms with E-state index in [4.69, 9.17) is 10.0 Å². The molecule has 0 aliphatic rings. The largest absolute Gasteiger partial charge is 0.483 e. The highest BCUT2D eigenvalue weighted by molar-refractivity contribution is 6.50. The van der Waals surface area contributed by atoms with Crippen molar-refractivity contribution in [1.82, 2.24) is 0 Å². The van der Waals surface area contributed by atoms with E-state index in [0.717, 1.165) is 11.1 Å². The Morgan fingerprint density at radius 3 is 2.00 bits per heavy atom. The first-order chi connectivity index (χ1) is 8.54. The molecule has 0 radical (unpaired) electrons. The van der Waals surface area contributed by atoms with Crippen LogP contribution in [0.1, 0.15) is 20.8 Å². The van der Waals surface area contributed by atoms with Crippen LogP contribution in [0.15, 0.2) is 71.8 Å². The van der Waals surface area contributed by atoms with Gasteiger partial charge in [-0.25, -0.2) is 0 Å². The zero-order valence-electron chi connectivity index (χ0n) is 11.3. The van der Waals surface area contributed by atoms with Crippen LogP contribution in [0.4, 0.5) is 0 Å². The Balaban J connectivity index is 4.89. The molecule has 0 rings (SSSR count). The van der Waals surface area contributed by atoms with Gasteiger partial charge >= 0.3 is 7.12 Å². The maximum atomic E-state index is 9.01. The van der Waals surface area contributed by atoms with Crippen molar-refractivity contribution in [1.29, 1.82) is 0 Å². The molecule has 2 N–H and O–H groups in total. The van der Waals surface area contributed by atoms with Crippen molar-refractivity contribution in [2.24, 2.45) is 0 Å². The van der Waals surface area contributed by atoms with E-state index >= 15 is 0 Å². The third-order valence-electron chi connectivity index (χ3n) is 2.36. The fourth-order valence-electron chi connectivity index (χ4n) is 1.18. The maximum absolute atomic E-state index is 9.01. The van der Waals surface area contributed by atoms with Gasteiger partial charge in [0.15, 0.2) is 0 Å². The van der Waals surface area contributed by atoms with E-state index in [9.17, 15) is 0 Å². The van der Waals surface area contributed by atoms with Crippen LogP contribution in [-0.4, -0.2) is 17.2 Å². The number of rotatable bonds is 6. The molecule has 0 aromatic carbocycles. The van der Waals surface area contributed by atoms with E-state index in [1.807, 2.05) is 50.3 Å². The molecule has 0 aliphatic carbocycles. The second-order valence-electron chi connectivity index (χ2n) is 3.77. The van der Waals surface area contributed by atoms with Gasteiger partial charge in [-0.1, -0.05) is 55.2 Å². The van der Waals surface area contributed by atoms with E-state index in [1.54, 1.807) is 19.1 Å². The Morgan fingerprint density at radius 2 is 1.56 bits per heavy atom. The van der Waals surface area contributed by atoms with Gasteiger partial charge < -0.3 is 10.0 Å². The molecule has 96 valence electrons. The van der Waals surface area contributed by atoms with Gasteiger partial charge in [-0.2, -0.15) is 0 Å². The van der Waals surface area contributed by atoms with Crippen molar-refractivity contribution in [2.45, 2.75) is 20.8 Å². The lowest BCUT2D eigenvalue weighted by atomic mass is 9.79. The summed E-state index contributed by atoms with van der Waals surface area (Å²) >= 11 is 0. The third kappa shape index (κ3) is 6.89. The summed E-state index contributed by atoms with van der Waals surface area (Å²) in [6.45, 7) is 9.16. The molecule has 2 nitrogen and oxygen atoms in total. The van der Waals surface area contributed by atoms with E-state index < -0.39 is 7.12 Å².